The van der Waals surface area contributed by atoms with Crippen LogP contribution in [-0.4, -0.2) is 201 Å². The number of nitrogens with zero attached hydrogens (tertiary/aromatic N) is 4. The quantitative estimate of drug-likeness (QED) is 0.0141. The number of carbonyl (C=O) groups excluding carboxylic acids is 1. The first kappa shape index (κ1) is 114. The van der Waals surface area contributed by atoms with Crippen molar-refractivity contribution in [3.63, 3.8) is 0 Å². The summed E-state index contributed by atoms with van der Waals surface area (Å²) in [5, 5.41) is 29.8. The number of Topliss-reactive ketones (excluding diaryl/α,β-unsaturated/α-hetero) is 1. The Morgan fingerprint density at radius 2 is 0.750 bits per heavy atom. The Balaban J connectivity index is 0.00000143. The van der Waals surface area contributed by atoms with Gasteiger partial charge in [-0.1, -0.05) is 96.3 Å². The smallest absolute Gasteiger partial charge is 0.305 e. The molecule has 9 rings (SSSR count). The highest BCUT2D eigenvalue weighted by Crippen LogP contribution is 2.33. The number of nitriles is 1. The van der Waals surface area contributed by atoms with Crippen molar-refractivity contribution in [3.8, 4) is 40.6 Å². The minimum Gasteiger partial charge on any atom is -0.497 e. The highest BCUT2D eigenvalue weighted by atomic mass is 79.9. The molecule has 0 heterocycles. The number of methoxy groups -OCH3 is 6. The number of ketones is 1. The summed E-state index contributed by atoms with van der Waals surface area (Å²) in [6.45, 7) is 0. The van der Waals surface area contributed by atoms with Crippen molar-refractivity contribution >= 4 is 148 Å². The predicted molar refractivity (Wildman–Crippen MR) is 497 cm³/mol. The molecule has 31 nitrogen and oxygen atoms in total. The van der Waals surface area contributed by atoms with Crippen molar-refractivity contribution in [2.45, 2.75) is 30.7 Å². The fraction of sp³-hybridized carbons (Fsp3) is 0.305. The number of halogens is 5. The van der Waals surface area contributed by atoms with E-state index in [0.717, 1.165) is 86.2 Å². The Morgan fingerprint density at radius 1 is 0.452 bits per heavy atom. The summed E-state index contributed by atoms with van der Waals surface area (Å²) in [6.07, 6.45) is 8.97. The number of nitro groups is 2. The van der Waals surface area contributed by atoms with Crippen LogP contribution in [0, 0.1) is 37.4 Å². The Bertz CT molecular complexity index is 5660. The normalized spacial score (nSPS) is 11.7. The molecule has 0 radical (unpaired) electrons. The average molecular weight is 2060 g/mol. The second-order valence-electron chi connectivity index (χ2n) is 26.6. The van der Waals surface area contributed by atoms with Gasteiger partial charge in [0.05, 0.1) is 100.0 Å². The molecule has 0 aliphatic rings. The Morgan fingerprint density at radius 3 is 1.06 bits per heavy atom. The van der Waals surface area contributed by atoms with Crippen LogP contribution >= 0.6 is 60.2 Å². The third kappa shape index (κ3) is 50.4. The first-order chi connectivity index (χ1) is 57.2. The number of hydrogen-bond acceptors (Lipinski definition) is 29. The van der Waals surface area contributed by atoms with Crippen LogP contribution in [-0.2, 0) is 76.7 Å². The van der Waals surface area contributed by atoms with Gasteiger partial charge in [0.25, 0.3) is 5.69 Å². The van der Waals surface area contributed by atoms with E-state index < -0.39 is 98.0 Å². The first-order valence-electron chi connectivity index (χ1n) is 35.5. The summed E-state index contributed by atoms with van der Waals surface area (Å²) in [5.41, 5.74) is 18.3. The van der Waals surface area contributed by atoms with E-state index in [1.165, 1.54) is 51.4 Å². The molecule has 124 heavy (non-hydrogen) atoms. The molecule has 0 amide bonds. The van der Waals surface area contributed by atoms with E-state index in [2.05, 4.69) is 63.5 Å². The molecule has 680 valence electrons. The topological polar surface area (TPSA) is 487 Å². The second-order valence-corrected chi connectivity index (χ2v) is 42.5. The van der Waals surface area contributed by atoms with E-state index >= 15 is 0 Å². The fourth-order valence-corrected chi connectivity index (χ4v) is 15.6. The van der Waals surface area contributed by atoms with Crippen molar-refractivity contribution < 1.29 is 103 Å². The van der Waals surface area contributed by atoms with Crippen LogP contribution in [0.5, 0.6) is 34.5 Å². The molecule has 0 aliphatic carbocycles. The molecule has 3 unspecified atom stereocenters. The molecule has 0 fully saturated rings. The number of aliphatic imine (C=N–C) groups is 1. The lowest BCUT2D eigenvalue weighted by atomic mass is 9.92. The molecule has 9 aromatic carbocycles. The minimum atomic E-state index is -3.27. The lowest BCUT2D eigenvalue weighted by molar-refractivity contribution is -0.387. The molecule has 0 spiro atoms. The molecule has 0 aliphatic heterocycles. The lowest BCUT2D eigenvalue weighted by Crippen LogP contribution is -2.20. The maximum atomic E-state index is 12.6. The number of sulfone groups is 6. The zero-order valence-corrected chi connectivity index (χ0v) is 80.9. The summed E-state index contributed by atoms with van der Waals surface area (Å²) in [5.74, 6) is 6.30. The van der Waals surface area contributed by atoms with Crippen LogP contribution < -0.4 is 45.8 Å². The van der Waals surface area contributed by atoms with Gasteiger partial charge >= 0.3 is 5.69 Å². The lowest BCUT2D eigenvalue weighted by Gasteiger charge is -2.18. The molecule has 0 saturated carbocycles. The number of ether oxygens (including phenoxy) is 6. The number of rotatable bonds is 27. The molecular formula is C82H102Br3ClFN7O24S6. The fourth-order valence-electron chi connectivity index (χ4n) is 10.2. The van der Waals surface area contributed by atoms with Gasteiger partial charge in [0.1, 0.15) is 79.6 Å². The summed E-state index contributed by atoms with van der Waals surface area (Å²) in [6, 6.07) is 57.7. The second kappa shape index (κ2) is 56.4. The van der Waals surface area contributed by atoms with E-state index in [1.54, 1.807) is 176 Å². The number of anilines is 1. The van der Waals surface area contributed by atoms with Gasteiger partial charge in [-0.25, -0.2) is 56.4 Å². The summed E-state index contributed by atoms with van der Waals surface area (Å²) < 4.78 is 177. The Kier molecular flexibility index (Phi) is 52.1. The van der Waals surface area contributed by atoms with Gasteiger partial charge in [0.2, 0.25) is 5.82 Å². The van der Waals surface area contributed by atoms with Gasteiger partial charge < -0.3 is 44.7 Å². The van der Waals surface area contributed by atoms with Crippen molar-refractivity contribution in [1.29, 1.82) is 5.26 Å². The van der Waals surface area contributed by atoms with Crippen molar-refractivity contribution in [1.82, 2.24) is 0 Å². The molecule has 42 heteroatoms. The van der Waals surface area contributed by atoms with Gasteiger partial charge in [-0.2, -0.15) is 9.65 Å². The molecule has 0 aromatic heterocycles. The number of nitro benzene ring substituents is 2. The van der Waals surface area contributed by atoms with E-state index in [0.29, 0.717) is 55.0 Å². The largest absolute Gasteiger partial charge is 0.497 e. The Labute approximate surface area is 756 Å². The highest BCUT2D eigenvalue weighted by molar-refractivity contribution is 9.11. The zero-order chi connectivity index (χ0) is 93.8. The van der Waals surface area contributed by atoms with Crippen molar-refractivity contribution in [2.24, 2.45) is 16.6 Å². The minimum absolute atomic E-state index is 0. The van der Waals surface area contributed by atoms with Crippen LogP contribution in [0.2, 0.25) is 0 Å². The van der Waals surface area contributed by atoms with E-state index in [1.807, 2.05) is 48.5 Å². The van der Waals surface area contributed by atoms with E-state index in [4.69, 9.17) is 45.2 Å². The number of hydrogen-bond donors (Lipinski definition) is 3. The SMILES string of the molecule is CN=C(CS(C)(=O)=O)c1ccc(OC)cc1.CON.COc1ccc(C#N)cc1.COc1ccc(C(=O)CS(C)(=O)=O)cc1.COc1ccc(C(Cc2ccc(Br)cc2N)CS(C)(=O)=O)cc1.COc1ccc(C(Cc2ccc(Br)cc2[N+](=O)[O-])CS(C)(=O)=O)cc1.COc1ccc(C(N)CS(C)(=O)=O)cc1.CS(C)(=O)=O.Cl.O=[N+]([O-])c1cc(Br)ccc1F. The zero-order valence-electron chi connectivity index (χ0n) is 70.4. The maximum absolute atomic E-state index is 12.6. The third-order valence-corrected chi connectivity index (χ3v) is 21.8. The molecular weight excluding hydrogens is 1950 g/mol. The third-order valence-electron chi connectivity index (χ3n) is 15.7. The van der Waals surface area contributed by atoms with Crippen LogP contribution in [0.3, 0.4) is 0 Å². The Hall–Kier alpha value is -9.55. The number of carbonyl (C=O) groups is 1. The summed E-state index contributed by atoms with van der Waals surface area (Å²) >= 11 is 9.60. The number of nitrogens with two attached hydrogens (primary N) is 3. The molecule has 0 saturated heterocycles. The highest BCUT2D eigenvalue weighted by Gasteiger charge is 2.25. The molecule has 6 N–H and O–H groups in total. The van der Waals surface area contributed by atoms with Crippen LogP contribution in [0.1, 0.15) is 67.2 Å². The first-order valence-corrected chi connectivity index (χ1v) is 50.5. The molecule has 3 atom stereocenters. The van der Waals surface area contributed by atoms with E-state index in [-0.39, 0.29) is 59.4 Å². The van der Waals surface area contributed by atoms with Gasteiger partial charge in [0, 0.05) is 111 Å². The van der Waals surface area contributed by atoms with E-state index in [9.17, 15) is 79.9 Å². The van der Waals surface area contributed by atoms with Gasteiger partial charge in [-0.3, -0.25) is 30.0 Å². The molecule has 0 bridgehead atoms. The van der Waals surface area contributed by atoms with Crippen LogP contribution in [0.15, 0.2) is 219 Å². The van der Waals surface area contributed by atoms with Gasteiger partial charge in [-0.05, 0) is 180 Å². The average Bonchev–Trinajstić information content (AvgIpc) is 0.828. The maximum Gasteiger partial charge on any atom is 0.305 e. The van der Waals surface area contributed by atoms with Crippen molar-refractivity contribution in [2.75, 3.05) is 135 Å². The number of benzene rings is 9. The number of nitrogen functional groups attached to an aromatic ring is 1. The monoisotopic (exact) mass is 2050 g/mol. The van der Waals surface area contributed by atoms with Crippen molar-refractivity contribution in [3.05, 3.63) is 284 Å². The van der Waals surface area contributed by atoms with Gasteiger partial charge in [0.15, 0.2) is 25.5 Å². The predicted octanol–water partition coefficient (Wildman–Crippen LogP) is 13.6. The van der Waals surface area contributed by atoms with Gasteiger partial charge in [-0.15, -0.1) is 12.4 Å². The standard InChI is InChI=1S/C17H18BrNO5S.C17H20BrNO3S.C11H15NO3S.C10H15NO3S.C10H12O4S.C8H7NO.C6H3BrFNO2.C2H6O2S.CH5NO.ClH/c1-24-16-7-4-12(5-8-16)14(11-25(2,22)23)9-13-3-6-15(18)10-17(13)19(20)21;1-22-16-7-4-12(5-8-16)14(11-23(2,20)21)9-13-3-6-15(18)10-17(13)19;1-12-11(8-16(3,13)14)9-4-6-10(15-2)7-5-9;2*1-14-9-5-3-8(4-6-9)10(11)7-15(2,12)13;1-10-8-4-2-7(6-9)3-5-8;7-4-1-2-5(8)6(3-4)9(10)11;1-5(2,3)4;1-3-2;/h3-8,10,14H,9,11H2,1-2H3;3-8,10,14H,9,11,19H2,1-2H3;4-7H,8H2,1-3H3;3-6,10H,7,11H2,1-2H3;3-6H,7H2,1-2H3;2-5H,1H3;1-3H;1-2H3;2H2,1H3;1H. The molecule has 9 aromatic rings. The van der Waals surface area contributed by atoms with Crippen LogP contribution in [0.4, 0.5) is 21.5 Å². The summed E-state index contributed by atoms with van der Waals surface area (Å²) in [4.78, 5) is 39.4. The van der Waals surface area contributed by atoms with Crippen LogP contribution in [0.25, 0.3) is 0 Å². The summed E-state index contributed by atoms with van der Waals surface area (Å²) in [7, 11) is -5.99.